The fraction of sp³-hybridized carbons (Fsp3) is 0.750. The summed E-state index contributed by atoms with van der Waals surface area (Å²) in [4.78, 5) is 32.3. The molecule has 7 heteroatoms. The third-order valence-corrected chi connectivity index (χ3v) is 4.57. The van der Waals surface area contributed by atoms with Crippen molar-refractivity contribution in [2.45, 2.75) is 46.0 Å². The van der Waals surface area contributed by atoms with E-state index in [0.29, 0.717) is 51.5 Å². The van der Waals surface area contributed by atoms with Crippen LogP contribution in [-0.2, 0) is 9.59 Å². The van der Waals surface area contributed by atoms with E-state index >= 15 is 0 Å². The number of unbranched alkanes of at least 4 members (excludes halogenated alkanes) is 2. The molecule has 0 radical (unpaired) electrons. The molecule has 0 atom stereocenters. The van der Waals surface area contributed by atoms with Crippen LogP contribution in [0.1, 0.15) is 46.0 Å². The monoisotopic (exact) mass is 379 g/mol. The lowest BCUT2D eigenvalue weighted by atomic mass is 10.1. The number of hydrogen-bond acceptors (Lipinski definition) is 3. The van der Waals surface area contributed by atoms with Gasteiger partial charge in [0.1, 0.15) is 0 Å². The number of piperazine rings is 1. The summed E-state index contributed by atoms with van der Waals surface area (Å²) in [5.74, 6) is 1.57. The second-order valence-electron chi connectivity index (χ2n) is 7.34. The zero-order valence-electron chi connectivity index (χ0n) is 17.3. The van der Waals surface area contributed by atoms with E-state index in [-0.39, 0.29) is 11.8 Å². The molecule has 1 heterocycles. The second-order valence-corrected chi connectivity index (χ2v) is 7.34. The Morgan fingerprint density at radius 2 is 1.67 bits per heavy atom. The lowest BCUT2D eigenvalue weighted by molar-refractivity contribution is -0.140. The zero-order valence-corrected chi connectivity index (χ0v) is 17.3. The van der Waals surface area contributed by atoms with Gasteiger partial charge in [-0.15, -0.1) is 6.58 Å². The van der Waals surface area contributed by atoms with Crippen LogP contribution in [0.15, 0.2) is 17.6 Å². The molecule has 27 heavy (non-hydrogen) atoms. The van der Waals surface area contributed by atoms with Gasteiger partial charge in [-0.2, -0.15) is 0 Å². The Morgan fingerprint density at radius 3 is 2.22 bits per heavy atom. The molecule has 0 aromatic heterocycles. The highest BCUT2D eigenvalue weighted by Crippen LogP contribution is 2.10. The molecular weight excluding hydrogens is 342 g/mol. The lowest BCUT2D eigenvalue weighted by Gasteiger charge is -2.35. The van der Waals surface area contributed by atoms with Gasteiger partial charge < -0.3 is 20.4 Å². The Bertz CT molecular complexity index is 497. The van der Waals surface area contributed by atoms with Crippen molar-refractivity contribution in [1.29, 1.82) is 0 Å². The van der Waals surface area contributed by atoms with Gasteiger partial charge in [0.25, 0.3) is 0 Å². The van der Waals surface area contributed by atoms with Crippen molar-refractivity contribution in [3.8, 4) is 0 Å². The minimum atomic E-state index is 0.210. The van der Waals surface area contributed by atoms with Crippen molar-refractivity contribution in [3.63, 3.8) is 0 Å². The first kappa shape index (κ1) is 23.0. The van der Waals surface area contributed by atoms with Crippen LogP contribution in [0.2, 0.25) is 0 Å². The second kappa shape index (κ2) is 13.2. The quantitative estimate of drug-likeness (QED) is 0.262. The summed E-state index contributed by atoms with van der Waals surface area (Å²) in [6, 6.07) is 0. The normalized spacial score (nSPS) is 15.0. The van der Waals surface area contributed by atoms with E-state index in [1.54, 1.807) is 13.1 Å². The fourth-order valence-corrected chi connectivity index (χ4v) is 3.02. The highest BCUT2D eigenvalue weighted by Gasteiger charge is 2.23. The smallest absolute Gasteiger partial charge is 0.222 e. The SMILES string of the molecule is C=CCNC(=NC)NCCCCCC(=O)N1CCN(C(=O)CC(C)C)CC1. The van der Waals surface area contributed by atoms with Crippen LogP contribution >= 0.6 is 0 Å². The Kier molecular flexibility index (Phi) is 11.2. The molecule has 1 aliphatic heterocycles. The van der Waals surface area contributed by atoms with Gasteiger partial charge in [0.15, 0.2) is 5.96 Å². The predicted octanol–water partition coefficient (Wildman–Crippen LogP) is 1.61. The minimum absolute atomic E-state index is 0.210. The van der Waals surface area contributed by atoms with E-state index in [2.05, 4.69) is 36.1 Å². The maximum atomic E-state index is 12.3. The number of amides is 2. The van der Waals surface area contributed by atoms with E-state index in [0.717, 1.165) is 31.8 Å². The van der Waals surface area contributed by atoms with Gasteiger partial charge in [-0.05, 0) is 18.8 Å². The molecule has 0 aliphatic carbocycles. The standard InChI is InChI=1S/C20H37N5O2/c1-5-10-22-20(21-4)23-11-8-6-7-9-18(26)24-12-14-25(15-13-24)19(27)16-17(2)3/h5,17H,1,6-16H2,2-4H3,(H2,21,22,23). The molecule has 0 saturated carbocycles. The Hall–Kier alpha value is -2.05. The highest BCUT2D eigenvalue weighted by molar-refractivity contribution is 5.79. The van der Waals surface area contributed by atoms with Crippen LogP contribution in [0.4, 0.5) is 0 Å². The Morgan fingerprint density at radius 1 is 1.04 bits per heavy atom. The molecular formula is C20H37N5O2. The average Bonchev–Trinajstić information content (AvgIpc) is 2.66. The topological polar surface area (TPSA) is 77.0 Å². The maximum absolute atomic E-state index is 12.3. The summed E-state index contributed by atoms with van der Waals surface area (Å²) in [6.45, 7) is 12.0. The molecule has 7 nitrogen and oxygen atoms in total. The highest BCUT2D eigenvalue weighted by atomic mass is 16.2. The number of guanidine groups is 1. The minimum Gasteiger partial charge on any atom is -0.356 e. The van der Waals surface area contributed by atoms with Crippen LogP contribution in [0.5, 0.6) is 0 Å². The van der Waals surface area contributed by atoms with Gasteiger partial charge in [-0.1, -0.05) is 26.3 Å². The van der Waals surface area contributed by atoms with Crippen molar-refractivity contribution in [1.82, 2.24) is 20.4 Å². The van der Waals surface area contributed by atoms with Crippen molar-refractivity contribution < 1.29 is 9.59 Å². The molecule has 1 fully saturated rings. The van der Waals surface area contributed by atoms with Gasteiger partial charge in [-0.25, -0.2) is 0 Å². The molecule has 1 saturated heterocycles. The number of hydrogen-bond donors (Lipinski definition) is 2. The molecule has 0 unspecified atom stereocenters. The van der Waals surface area contributed by atoms with Gasteiger partial charge in [-0.3, -0.25) is 14.6 Å². The third-order valence-electron chi connectivity index (χ3n) is 4.57. The van der Waals surface area contributed by atoms with Gasteiger partial charge in [0.2, 0.25) is 11.8 Å². The number of nitrogens with one attached hydrogen (secondary N) is 2. The molecule has 154 valence electrons. The Balaban J connectivity index is 2.12. The third kappa shape index (κ3) is 9.45. The molecule has 0 aromatic rings. The summed E-state index contributed by atoms with van der Waals surface area (Å²) in [5.41, 5.74) is 0. The molecule has 1 aliphatic rings. The number of carbonyl (C=O) groups is 2. The van der Waals surface area contributed by atoms with Crippen LogP contribution in [0.25, 0.3) is 0 Å². The van der Waals surface area contributed by atoms with Gasteiger partial charge in [0, 0.05) is 59.2 Å². The zero-order chi connectivity index (χ0) is 20.1. The average molecular weight is 380 g/mol. The number of carbonyl (C=O) groups excluding carboxylic acids is 2. The summed E-state index contributed by atoms with van der Waals surface area (Å²) < 4.78 is 0. The first-order valence-electron chi connectivity index (χ1n) is 10.1. The van der Waals surface area contributed by atoms with Crippen LogP contribution in [-0.4, -0.2) is 73.9 Å². The van der Waals surface area contributed by atoms with Crippen molar-refractivity contribution >= 4 is 17.8 Å². The van der Waals surface area contributed by atoms with Crippen molar-refractivity contribution in [3.05, 3.63) is 12.7 Å². The van der Waals surface area contributed by atoms with Crippen LogP contribution in [0.3, 0.4) is 0 Å². The first-order chi connectivity index (χ1) is 13.0. The number of nitrogens with zero attached hydrogens (tertiary/aromatic N) is 3. The first-order valence-corrected chi connectivity index (χ1v) is 10.1. The van der Waals surface area contributed by atoms with Crippen LogP contribution in [0, 0.1) is 5.92 Å². The van der Waals surface area contributed by atoms with Crippen molar-refractivity contribution in [2.75, 3.05) is 46.3 Å². The molecule has 0 aromatic carbocycles. The van der Waals surface area contributed by atoms with E-state index in [9.17, 15) is 9.59 Å². The number of rotatable bonds is 10. The van der Waals surface area contributed by atoms with E-state index < -0.39 is 0 Å². The van der Waals surface area contributed by atoms with Crippen molar-refractivity contribution in [2.24, 2.45) is 10.9 Å². The maximum Gasteiger partial charge on any atom is 0.222 e. The fourth-order valence-electron chi connectivity index (χ4n) is 3.02. The predicted molar refractivity (Wildman–Crippen MR) is 111 cm³/mol. The molecule has 2 amide bonds. The summed E-state index contributed by atoms with van der Waals surface area (Å²) in [7, 11) is 1.74. The van der Waals surface area contributed by atoms with E-state index in [1.807, 2.05) is 9.80 Å². The van der Waals surface area contributed by atoms with Gasteiger partial charge in [0.05, 0.1) is 0 Å². The largest absolute Gasteiger partial charge is 0.356 e. The summed E-state index contributed by atoms with van der Waals surface area (Å²) >= 11 is 0. The summed E-state index contributed by atoms with van der Waals surface area (Å²) in [6.07, 6.45) is 5.87. The molecule has 0 bridgehead atoms. The summed E-state index contributed by atoms with van der Waals surface area (Å²) in [5, 5.41) is 6.37. The number of aliphatic imine (C=N–C) groups is 1. The Labute approximate surface area is 164 Å². The van der Waals surface area contributed by atoms with E-state index in [1.165, 1.54) is 0 Å². The molecule has 2 N–H and O–H groups in total. The lowest BCUT2D eigenvalue weighted by Crippen LogP contribution is -2.50. The van der Waals surface area contributed by atoms with Gasteiger partial charge >= 0.3 is 0 Å². The molecule has 0 spiro atoms. The van der Waals surface area contributed by atoms with E-state index in [4.69, 9.17) is 0 Å². The molecule has 1 rings (SSSR count). The van der Waals surface area contributed by atoms with Crippen LogP contribution < -0.4 is 10.6 Å².